The van der Waals surface area contributed by atoms with Crippen LogP contribution in [-0.2, 0) is 55.2 Å². The molecule has 0 aliphatic heterocycles. The van der Waals surface area contributed by atoms with Crippen LogP contribution in [0.5, 0.6) is 0 Å². The number of hydrogen-bond acceptors (Lipinski definition) is 0. The third-order valence-electron chi connectivity index (χ3n) is 0. The Morgan fingerprint density at radius 1 is 0.500 bits per heavy atom. The van der Waals surface area contributed by atoms with Gasteiger partial charge in [-0.15, -0.1) is 0 Å². The van der Waals surface area contributed by atoms with Crippen molar-refractivity contribution < 1.29 is 71.6 Å². The summed E-state index contributed by atoms with van der Waals surface area (Å²) in [4.78, 5) is 0. The second-order valence-corrected chi connectivity index (χ2v) is 0. The zero-order valence-corrected chi connectivity index (χ0v) is 6.83. The summed E-state index contributed by atoms with van der Waals surface area (Å²) in [5.74, 6) is 0. The van der Waals surface area contributed by atoms with Crippen LogP contribution in [0.3, 0.4) is 0 Å². The second kappa shape index (κ2) is 80.4. The van der Waals surface area contributed by atoms with E-state index < -0.39 is 0 Å². The molecule has 46 valence electrons. The fourth-order valence-electron chi connectivity index (χ4n) is 0. The van der Waals surface area contributed by atoms with E-state index in [0.717, 1.165) is 0 Å². The summed E-state index contributed by atoms with van der Waals surface area (Å²) in [6.07, 6.45) is 0. The Morgan fingerprint density at radius 3 is 0.500 bits per heavy atom. The molecule has 0 bridgehead atoms. The van der Waals surface area contributed by atoms with Crippen LogP contribution in [0.4, 0.5) is 0 Å². The van der Waals surface area contributed by atoms with Gasteiger partial charge in [-0.1, -0.05) is 0 Å². The maximum Gasteiger partial charge on any atom is 0 e. The minimum absolute atomic E-state index is 0. The van der Waals surface area contributed by atoms with E-state index >= 15 is 0 Å². The van der Waals surface area contributed by atoms with Crippen molar-refractivity contribution in [2.45, 2.75) is 0 Å². The minimum atomic E-state index is 0. The van der Waals surface area contributed by atoms with Crippen molar-refractivity contribution in [3.63, 3.8) is 0 Å². The fourth-order valence-corrected chi connectivity index (χ4v) is 0. The van der Waals surface area contributed by atoms with E-state index in [1.54, 1.807) is 0 Å². The van der Waals surface area contributed by atoms with Gasteiger partial charge in [-0.2, -0.15) is 0 Å². The summed E-state index contributed by atoms with van der Waals surface area (Å²) in [7, 11) is 0. The monoisotopic (exact) mass is 264 g/mol. The zero-order valence-electron chi connectivity index (χ0n) is 2.62. The average Bonchev–Trinajstić information content (AvgIpc) is 0. The van der Waals surface area contributed by atoms with E-state index in [9.17, 15) is 0 Å². The van der Waals surface area contributed by atoms with E-state index in [1.165, 1.54) is 0 Å². The summed E-state index contributed by atoms with van der Waals surface area (Å²) in [5, 5.41) is 0. The largest absolute Gasteiger partial charge is 0.412 e. The van der Waals surface area contributed by atoms with E-state index in [2.05, 4.69) is 0 Å². The van der Waals surface area contributed by atoms with Gasteiger partial charge < -0.3 is 16.4 Å². The van der Waals surface area contributed by atoms with Crippen LogP contribution in [0.15, 0.2) is 0 Å². The Morgan fingerprint density at radius 2 is 0.500 bits per heavy atom. The van der Waals surface area contributed by atoms with Crippen molar-refractivity contribution >= 4 is 0 Å². The third-order valence-corrected chi connectivity index (χ3v) is 0. The van der Waals surface area contributed by atoms with Crippen molar-refractivity contribution in [3.05, 3.63) is 0 Å². The van der Waals surface area contributed by atoms with E-state index in [-0.39, 0.29) is 71.6 Å². The van der Waals surface area contributed by atoms with Gasteiger partial charge in [0, 0.05) is 55.2 Å². The third kappa shape index (κ3) is 46.1. The predicted molar refractivity (Wildman–Crippen MR) is 10.8 cm³/mol. The molecule has 0 radical (unpaired) electrons. The molecule has 0 saturated carbocycles. The normalized spacial score (nSPS) is 0. The van der Waals surface area contributed by atoms with Gasteiger partial charge in [0.1, 0.15) is 0 Å². The van der Waals surface area contributed by atoms with Gasteiger partial charge in [-0.25, -0.2) is 0 Å². The minimum Gasteiger partial charge on any atom is -0.412 e. The molecule has 0 atom stereocenters. The topological polar surface area (TPSA) is 94.5 Å². The van der Waals surface area contributed by atoms with Crippen LogP contribution in [0.25, 0.3) is 0 Å². The molecule has 0 aromatic carbocycles. The van der Waals surface area contributed by atoms with Gasteiger partial charge in [-0.3, -0.25) is 0 Å². The molecule has 0 aliphatic rings. The molecule has 3 nitrogen and oxygen atoms in total. The Balaban J connectivity index is 0. The standard InChI is InChI=1S/2Fe.Mo.3H2O/h;;;3*1H2. The summed E-state index contributed by atoms with van der Waals surface area (Å²) in [5.41, 5.74) is 0. The summed E-state index contributed by atoms with van der Waals surface area (Å²) in [6, 6.07) is 0. The van der Waals surface area contributed by atoms with Gasteiger partial charge >= 0.3 is 0 Å². The zero-order chi connectivity index (χ0) is 0. The Hall–Kier alpha value is 1.61. The van der Waals surface area contributed by atoms with Crippen molar-refractivity contribution in [1.29, 1.82) is 0 Å². The van der Waals surface area contributed by atoms with Gasteiger partial charge in [0.2, 0.25) is 0 Å². The molecule has 6 heteroatoms. The van der Waals surface area contributed by atoms with Crippen molar-refractivity contribution in [1.82, 2.24) is 0 Å². The molecule has 0 saturated heterocycles. The molecular formula is H6Fe2MoO3. The maximum absolute atomic E-state index is 0. The first-order valence-corrected chi connectivity index (χ1v) is 0. The first-order chi connectivity index (χ1) is 0. The van der Waals surface area contributed by atoms with Crippen LogP contribution >= 0.6 is 0 Å². The molecular weight excluding hydrogens is 256 g/mol. The second-order valence-electron chi connectivity index (χ2n) is 0. The predicted octanol–water partition coefficient (Wildman–Crippen LogP) is -2.48. The molecule has 0 spiro atoms. The van der Waals surface area contributed by atoms with Crippen LogP contribution in [0.2, 0.25) is 0 Å². The van der Waals surface area contributed by atoms with Crippen molar-refractivity contribution in [2.24, 2.45) is 0 Å². The molecule has 0 amide bonds. The van der Waals surface area contributed by atoms with Crippen LogP contribution in [0, 0.1) is 0 Å². The summed E-state index contributed by atoms with van der Waals surface area (Å²) < 4.78 is 0. The Labute approximate surface area is 71.4 Å². The molecule has 0 aliphatic carbocycles. The van der Waals surface area contributed by atoms with Gasteiger partial charge in [-0.05, 0) is 0 Å². The van der Waals surface area contributed by atoms with Gasteiger partial charge in [0.15, 0.2) is 0 Å². The van der Waals surface area contributed by atoms with Crippen LogP contribution in [0.1, 0.15) is 0 Å². The SMILES string of the molecule is O.O.O.[Fe].[Fe].[Mo]. The fraction of sp³-hybridized carbons (Fsp3) is 0. The molecule has 6 heavy (non-hydrogen) atoms. The molecule has 0 heterocycles. The average molecular weight is 262 g/mol. The van der Waals surface area contributed by atoms with Crippen molar-refractivity contribution in [2.75, 3.05) is 0 Å². The van der Waals surface area contributed by atoms with Crippen LogP contribution in [-0.4, -0.2) is 16.4 Å². The van der Waals surface area contributed by atoms with Crippen molar-refractivity contribution in [3.8, 4) is 0 Å². The first kappa shape index (κ1) is 129. The molecule has 0 unspecified atom stereocenters. The van der Waals surface area contributed by atoms with Gasteiger partial charge in [0.25, 0.3) is 0 Å². The summed E-state index contributed by atoms with van der Waals surface area (Å²) >= 11 is 0. The molecule has 0 aromatic rings. The quantitative estimate of drug-likeness (QED) is 0.432. The number of rotatable bonds is 0. The smallest absolute Gasteiger partial charge is 0 e. The van der Waals surface area contributed by atoms with Crippen LogP contribution < -0.4 is 0 Å². The Kier molecular flexibility index (Phi) is 1720. The first-order valence-electron chi connectivity index (χ1n) is 0. The molecule has 0 aromatic heterocycles. The van der Waals surface area contributed by atoms with Gasteiger partial charge in [0.05, 0.1) is 0 Å². The Bertz CT molecular complexity index is 8.75. The molecule has 0 fully saturated rings. The molecule has 0 rings (SSSR count). The van der Waals surface area contributed by atoms with E-state index in [1.807, 2.05) is 0 Å². The molecule has 6 N–H and O–H groups in total. The maximum atomic E-state index is 0. The van der Waals surface area contributed by atoms with E-state index in [4.69, 9.17) is 0 Å². The number of hydrogen-bond donors (Lipinski definition) is 0. The summed E-state index contributed by atoms with van der Waals surface area (Å²) in [6.45, 7) is 0. The van der Waals surface area contributed by atoms with E-state index in [0.29, 0.717) is 0 Å².